The van der Waals surface area contributed by atoms with Crippen molar-refractivity contribution in [3.05, 3.63) is 218 Å². The van der Waals surface area contributed by atoms with E-state index in [2.05, 4.69) is 228 Å². The molecule has 0 amide bonds. The van der Waals surface area contributed by atoms with Crippen LogP contribution in [0.15, 0.2) is 218 Å². The molecule has 9 aromatic rings. The fourth-order valence-electron chi connectivity index (χ4n) is 7.35. The van der Waals surface area contributed by atoms with Crippen LogP contribution < -0.4 is 9.80 Å². The van der Waals surface area contributed by atoms with E-state index in [0.717, 1.165) is 34.1 Å². The summed E-state index contributed by atoms with van der Waals surface area (Å²) in [6, 6.07) is 78.4. The highest BCUT2D eigenvalue weighted by Gasteiger charge is 2.22. The zero-order chi connectivity index (χ0) is 34.7. The highest BCUT2D eigenvalue weighted by Crippen LogP contribution is 2.47. The third kappa shape index (κ3) is 5.97. The van der Waals surface area contributed by atoms with Gasteiger partial charge in [-0.2, -0.15) is 0 Å². The van der Waals surface area contributed by atoms with E-state index in [4.69, 9.17) is 0 Å². The molecule has 2 heteroatoms. The van der Waals surface area contributed by atoms with E-state index in [-0.39, 0.29) is 0 Å². The summed E-state index contributed by atoms with van der Waals surface area (Å²) in [6.45, 7) is 0. The Morgan fingerprint density at radius 2 is 0.692 bits per heavy atom. The molecule has 0 bridgehead atoms. The average Bonchev–Trinajstić information content (AvgIpc) is 3.22. The Hall–Kier alpha value is -6.90. The summed E-state index contributed by atoms with van der Waals surface area (Å²) in [5, 5.41) is 4.82. The quantitative estimate of drug-likeness (QED) is 0.149. The lowest BCUT2D eigenvalue weighted by Crippen LogP contribution is -2.14. The molecule has 0 unspecified atom stereocenters. The number of hydrogen-bond acceptors (Lipinski definition) is 2. The van der Waals surface area contributed by atoms with Crippen LogP contribution >= 0.6 is 0 Å². The molecule has 0 saturated carbocycles. The molecule has 0 aliphatic carbocycles. The Labute approximate surface area is 305 Å². The molecule has 52 heavy (non-hydrogen) atoms. The van der Waals surface area contributed by atoms with Crippen molar-refractivity contribution in [1.29, 1.82) is 0 Å². The number of benzene rings is 9. The van der Waals surface area contributed by atoms with Gasteiger partial charge in [0.2, 0.25) is 0 Å². The summed E-state index contributed by atoms with van der Waals surface area (Å²) in [4.78, 5) is 4.81. The molecule has 0 radical (unpaired) electrons. The van der Waals surface area contributed by atoms with Gasteiger partial charge in [-0.15, -0.1) is 0 Å². The minimum atomic E-state index is 1.08. The molecule has 0 heterocycles. The van der Waals surface area contributed by atoms with E-state index in [9.17, 15) is 0 Å². The standard InChI is InChI=1S/C50H36N2/c1-5-17-37(18-6-1)40-22-15-28-45(33-40)51(43-24-9-3-10-25-43)47-35-42-32-31-39-21-13-14-30-48(39)50(42)49(36-47)52(44-26-11-4-12-27-44)46-29-16-23-41(34-46)38-19-7-2-8-20-38/h1-36H. The van der Waals surface area contributed by atoms with Crippen molar-refractivity contribution >= 4 is 55.7 Å². The molecule has 0 saturated heterocycles. The predicted molar refractivity (Wildman–Crippen MR) is 222 cm³/mol. The van der Waals surface area contributed by atoms with Gasteiger partial charge in [0.25, 0.3) is 0 Å². The van der Waals surface area contributed by atoms with E-state index < -0.39 is 0 Å². The highest BCUT2D eigenvalue weighted by molar-refractivity contribution is 6.16. The van der Waals surface area contributed by atoms with Crippen molar-refractivity contribution in [2.24, 2.45) is 0 Å². The monoisotopic (exact) mass is 664 g/mol. The van der Waals surface area contributed by atoms with Crippen molar-refractivity contribution in [1.82, 2.24) is 0 Å². The SMILES string of the molecule is c1ccc(-c2cccc(N(c3ccccc3)c3cc(N(c4ccccc4)c4cccc(-c5ccccc5)c4)c4c(ccc5ccccc54)c3)c2)cc1. The molecular formula is C50H36N2. The molecule has 246 valence electrons. The predicted octanol–water partition coefficient (Wildman–Crippen LogP) is 14.3. The van der Waals surface area contributed by atoms with E-state index >= 15 is 0 Å². The topological polar surface area (TPSA) is 6.48 Å². The smallest absolute Gasteiger partial charge is 0.0567 e. The first-order valence-electron chi connectivity index (χ1n) is 17.8. The first kappa shape index (κ1) is 31.1. The van der Waals surface area contributed by atoms with Crippen molar-refractivity contribution in [3.8, 4) is 22.3 Å². The van der Waals surface area contributed by atoms with Crippen LogP contribution in [-0.4, -0.2) is 0 Å². The summed E-state index contributed by atoms with van der Waals surface area (Å²) in [7, 11) is 0. The van der Waals surface area contributed by atoms with Gasteiger partial charge >= 0.3 is 0 Å². The molecule has 0 aliphatic rings. The number of anilines is 6. The Balaban J connectivity index is 1.33. The lowest BCUT2D eigenvalue weighted by atomic mass is 9.97. The molecule has 0 aliphatic heterocycles. The van der Waals surface area contributed by atoms with Crippen molar-refractivity contribution in [3.63, 3.8) is 0 Å². The second-order valence-electron chi connectivity index (χ2n) is 13.0. The molecule has 0 spiro atoms. The zero-order valence-electron chi connectivity index (χ0n) is 28.7. The van der Waals surface area contributed by atoms with Gasteiger partial charge in [-0.05, 0) is 99.1 Å². The van der Waals surface area contributed by atoms with Gasteiger partial charge in [-0.1, -0.05) is 158 Å². The van der Waals surface area contributed by atoms with Crippen molar-refractivity contribution in [2.45, 2.75) is 0 Å². The van der Waals surface area contributed by atoms with Crippen LogP contribution in [0.4, 0.5) is 34.1 Å². The van der Waals surface area contributed by atoms with Crippen LogP contribution in [0.2, 0.25) is 0 Å². The number of hydrogen-bond donors (Lipinski definition) is 0. The summed E-state index contributed by atoms with van der Waals surface area (Å²) >= 11 is 0. The van der Waals surface area contributed by atoms with E-state index in [1.54, 1.807) is 0 Å². The third-order valence-corrected chi connectivity index (χ3v) is 9.76. The minimum Gasteiger partial charge on any atom is -0.310 e. The molecule has 2 nitrogen and oxygen atoms in total. The first-order valence-corrected chi connectivity index (χ1v) is 17.8. The summed E-state index contributed by atoms with van der Waals surface area (Å²) < 4.78 is 0. The summed E-state index contributed by atoms with van der Waals surface area (Å²) in [6.07, 6.45) is 0. The molecule has 0 N–H and O–H groups in total. The largest absolute Gasteiger partial charge is 0.310 e. The molecule has 9 rings (SSSR count). The van der Waals surface area contributed by atoms with E-state index in [1.807, 2.05) is 0 Å². The maximum Gasteiger partial charge on any atom is 0.0567 e. The minimum absolute atomic E-state index is 1.08. The summed E-state index contributed by atoms with van der Waals surface area (Å²) in [5.41, 5.74) is 11.3. The van der Waals surface area contributed by atoms with Crippen LogP contribution in [0.3, 0.4) is 0 Å². The second kappa shape index (κ2) is 13.8. The molecule has 0 fully saturated rings. The Morgan fingerprint density at radius 1 is 0.250 bits per heavy atom. The average molecular weight is 665 g/mol. The maximum absolute atomic E-state index is 2.42. The van der Waals surface area contributed by atoms with Gasteiger partial charge in [-0.25, -0.2) is 0 Å². The number of para-hydroxylation sites is 2. The van der Waals surface area contributed by atoms with Crippen molar-refractivity contribution < 1.29 is 0 Å². The first-order chi connectivity index (χ1) is 25.8. The van der Waals surface area contributed by atoms with Crippen LogP contribution in [0.25, 0.3) is 43.8 Å². The number of rotatable bonds is 8. The fraction of sp³-hybridized carbons (Fsp3) is 0. The van der Waals surface area contributed by atoms with Crippen LogP contribution in [-0.2, 0) is 0 Å². The van der Waals surface area contributed by atoms with Gasteiger partial charge < -0.3 is 9.80 Å². The molecule has 0 atom stereocenters. The lowest BCUT2D eigenvalue weighted by molar-refractivity contribution is 1.26. The van der Waals surface area contributed by atoms with Crippen LogP contribution in [0.1, 0.15) is 0 Å². The Bertz CT molecular complexity index is 2620. The van der Waals surface area contributed by atoms with Crippen molar-refractivity contribution in [2.75, 3.05) is 9.80 Å². The van der Waals surface area contributed by atoms with Gasteiger partial charge in [-0.3, -0.25) is 0 Å². The molecule has 9 aromatic carbocycles. The van der Waals surface area contributed by atoms with Crippen LogP contribution in [0, 0.1) is 0 Å². The molecular weight excluding hydrogens is 629 g/mol. The highest BCUT2D eigenvalue weighted by atomic mass is 15.2. The maximum atomic E-state index is 2.42. The van der Waals surface area contributed by atoms with Gasteiger partial charge in [0.05, 0.1) is 5.69 Å². The summed E-state index contributed by atoms with van der Waals surface area (Å²) in [5.74, 6) is 0. The second-order valence-corrected chi connectivity index (χ2v) is 13.0. The number of fused-ring (bicyclic) bond motifs is 3. The fourth-order valence-corrected chi connectivity index (χ4v) is 7.35. The van der Waals surface area contributed by atoms with E-state index in [1.165, 1.54) is 43.8 Å². The van der Waals surface area contributed by atoms with Gasteiger partial charge in [0.15, 0.2) is 0 Å². The van der Waals surface area contributed by atoms with Crippen LogP contribution in [0.5, 0.6) is 0 Å². The number of nitrogens with zero attached hydrogens (tertiary/aromatic N) is 2. The lowest BCUT2D eigenvalue weighted by Gasteiger charge is -2.31. The Kier molecular flexibility index (Phi) is 8.24. The Morgan fingerprint density at radius 3 is 1.29 bits per heavy atom. The normalized spacial score (nSPS) is 11.1. The van der Waals surface area contributed by atoms with Gasteiger partial charge in [0.1, 0.15) is 0 Å². The molecule has 0 aromatic heterocycles. The van der Waals surface area contributed by atoms with E-state index in [0.29, 0.717) is 0 Å². The third-order valence-electron chi connectivity index (χ3n) is 9.76. The van der Waals surface area contributed by atoms with Gasteiger partial charge in [0, 0.05) is 33.8 Å². The zero-order valence-corrected chi connectivity index (χ0v) is 28.7.